The van der Waals surface area contributed by atoms with E-state index >= 15 is 0 Å². The SMILES string of the molecule is C[C@@H](N)c1c(O)cc(F)c(F)c1F. The van der Waals surface area contributed by atoms with Gasteiger partial charge in [-0.25, -0.2) is 13.2 Å². The highest BCUT2D eigenvalue weighted by molar-refractivity contribution is 5.36. The number of nitrogens with two attached hydrogens (primary N) is 1. The maximum absolute atomic E-state index is 12.9. The molecule has 0 radical (unpaired) electrons. The fourth-order valence-corrected chi connectivity index (χ4v) is 1.03. The Hall–Kier alpha value is -1.23. The quantitative estimate of drug-likeness (QED) is 0.665. The van der Waals surface area contributed by atoms with Crippen LogP contribution in [0.4, 0.5) is 13.2 Å². The Morgan fingerprint density at radius 1 is 1.31 bits per heavy atom. The summed E-state index contributed by atoms with van der Waals surface area (Å²) in [5, 5.41) is 9.04. The van der Waals surface area contributed by atoms with Crippen molar-refractivity contribution in [3.8, 4) is 5.75 Å². The first-order chi connectivity index (χ1) is 5.95. The maximum Gasteiger partial charge on any atom is 0.195 e. The third-order valence-electron chi connectivity index (χ3n) is 1.63. The van der Waals surface area contributed by atoms with E-state index in [1.807, 2.05) is 0 Å². The van der Waals surface area contributed by atoms with Crippen LogP contribution in [0.25, 0.3) is 0 Å². The molecule has 0 aliphatic carbocycles. The van der Waals surface area contributed by atoms with E-state index in [2.05, 4.69) is 0 Å². The summed E-state index contributed by atoms with van der Waals surface area (Å²) in [7, 11) is 0. The Bertz CT molecular complexity index is 339. The van der Waals surface area contributed by atoms with Gasteiger partial charge < -0.3 is 10.8 Å². The van der Waals surface area contributed by atoms with Gasteiger partial charge in [0.05, 0.1) is 0 Å². The lowest BCUT2D eigenvalue weighted by Gasteiger charge is -2.10. The average molecular weight is 191 g/mol. The molecule has 0 spiro atoms. The highest BCUT2D eigenvalue weighted by Gasteiger charge is 2.20. The van der Waals surface area contributed by atoms with Crippen LogP contribution in [0.2, 0.25) is 0 Å². The van der Waals surface area contributed by atoms with Crippen molar-refractivity contribution < 1.29 is 18.3 Å². The number of phenolic OH excluding ortho intramolecular Hbond substituents is 1. The van der Waals surface area contributed by atoms with Crippen molar-refractivity contribution in [3.63, 3.8) is 0 Å². The van der Waals surface area contributed by atoms with Crippen molar-refractivity contribution in [3.05, 3.63) is 29.1 Å². The first-order valence-electron chi connectivity index (χ1n) is 3.57. The van der Waals surface area contributed by atoms with Crippen LogP contribution in [0.15, 0.2) is 6.07 Å². The van der Waals surface area contributed by atoms with Crippen LogP contribution < -0.4 is 5.73 Å². The van der Waals surface area contributed by atoms with Crippen LogP contribution in [0.3, 0.4) is 0 Å². The van der Waals surface area contributed by atoms with Gasteiger partial charge in [-0.1, -0.05) is 0 Å². The molecule has 1 aromatic carbocycles. The average Bonchev–Trinajstić information content (AvgIpc) is 1.99. The Labute approximate surface area is 72.8 Å². The zero-order chi connectivity index (χ0) is 10.2. The molecule has 3 N–H and O–H groups in total. The minimum Gasteiger partial charge on any atom is -0.507 e. The van der Waals surface area contributed by atoms with Gasteiger partial charge in [0, 0.05) is 17.7 Å². The van der Waals surface area contributed by atoms with Crippen LogP contribution in [-0.4, -0.2) is 5.11 Å². The number of hydrogen-bond donors (Lipinski definition) is 2. The molecule has 13 heavy (non-hydrogen) atoms. The zero-order valence-corrected chi connectivity index (χ0v) is 6.81. The van der Waals surface area contributed by atoms with Crippen LogP contribution in [0.5, 0.6) is 5.75 Å². The predicted molar refractivity (Wildman–Crippen MR) is 40.6 cm³/mol. The summed E-state index contributed by atoms with van der Waals surface area (Å²) < 4.78 is 38.0. The maximum atomic E-state index is 12.9. The largest absolute Gasteiger partial charge is 0.507 e. The van der Waals surface area contributed by atoms with E-state index in [-0.39, 0.29) is 0 Å². The molecule has 0 saturated carbocycles. The fourth-order valence-electron chi connectivity index (χ4n) is 1.03. The molecule has 0 heterocycles. The van der Waals surface area contributed by atoms with E-state index in [0.29, 0.717) is 6.07 Å². The molecular formula is C8H8F3NO. The molecule has 0 aliphatic heterocycles. The van der Waals surface area contributed by atoms with Crippen molar-refractivity contribution in [2.75, 3.05) is 0 Å². The van der Waals surface area contributed by atoms with E-state index in [0.717, 1.165) is 0 Å². The first kappa shape index (κ1) is 9.85. The smallest absolute Gasteiger partial charge is 0.195 e. The molecular weight excluding hydrogens is 183 g/mol. The summed E-state index contributed by atoms with van der Waals surface area (Å²) in [4.78, 5) is 0. The van der Waals surface area contributed by atoms with Gasteiger partial charge in [-0.05, 0) is 6.92 Å². The van der Waals surface area contributed by atoms with Gasteiger partial charge in [-0.15, -0.1) is 0 Å². The van der Waals surface area contributed by atoms with Crippen LogP contribution in [0.1, 0.15) is 18.5 Å². The van der Waals surface area contributed by atoms with Crippen LogP contribution >= 0.6 is 0 Å². The van der Waals surface area contributed by atoms with Crippen molar-refractivity contribution in [1.82, 2.24) is 0 Å². The number of halogens is 3. The molecule has 0 aliphatic rings. The Morgan fingerprint density at radius 3 is 2.31 bits per heavy atom. The van der Waals surface area contributed by atoms with Crippen molar-refractivity contribution in [2.24, 2.45) is 5.73 Å². The van der Waals surface area contributed by atoms with Gasteiger partial charge in [0.2, 0.25) is 0 Å². The number of aromatic hydroxyl groups is 1. The van der Waals surface area contributed by atoms with Gasteiger partial charge in [0.15, 0.2) is 17.5 Å². The lowest BCUT2D eigenvalue weighted by Crippen LogP contribution is -2.10. The fraction of sp³-hybridized carbons (Fsp3) is 0.250. The molecule has 0 aromatic heterocycles. The molecule has 2 nitrogen and oxygen atoms in total. The highest BCUT2D eigenvalue weighted by atomic mass is 19.2. The molecule has 0 saturated heterocycles. The topological polar surface area (TPSA) is 46.2 Å². The minimum atomic E-state index is -1.62. The standard InChI is InChI=1S/C8H8F3NO/c1-3(12)6-5(13)2-4(9)7(10)8(6)11/h2-3,13H,12H2,1H3/t3-/m1/s1. The second-order valence-electron chi connectivity index (χ2n) is 2.71. The van der Waals surface area contributed by atoms with Gasteiger partial charge in [-0.2, -0.15) is 0 Å². The Balaban J connectivity index is 3.44. The van der Waals surface area contributed by atoms with Crippen LogP contribution in [-0.2, 0) is 0 Å². The summed E-state index contributed by atoms with van der Waals surface area (Å²) in [6.07, 6.45) is 0. The summed E-state index contributed by atoms with van der Waals surface area (Å²) in [5.41, 5.74) is 4.83. The molecule has 0 fully saturated rings. The lowest BCUT2D eigenvalue weighted by atomic mass is 10.1. The second-order valence-corrected chi connectivity index (χ2v) is 2.71. The number of rotatable bonds is 1. The van der Waals surface area contributed by atoms with E-state index < -0.39 is 34.8 Å². The first-order valence-corrected chi connectivity index (χ1v) is 3.57. The summed E-state index contributed by atoms with van der Waals surface area (Å²) in [6.45, 7) is 1.36. The molecule has 5 heteroatoms. The van der Waals surface area contributed by atoms with Crippen molar-refractivity contribution in [2.45, 2.75) is 13.0 Å². The normalized spacial score (nSPS) is 13.0. The van der Waals surface area contributed by atoms with Crippen molar-refractivity contribution >= 4 is 0 Å². The number of hydrogen-bond acceptors (Lipinski definition) is 2. The molecule has 1 rings (SSSR count). The van der Waals surface area contributed by atoms with Gasteiger partial charge in [-0.3, -0.25) is 0 Å². The molecule has 1 atom stereocenters. The molecule has 1 aromatic rings. The zero-order valence-electron chi connectivity index (χ0n) is 6.81. The Kier molecular flexibility index (Phi) is 2.47. The lowest BCUT2D eigenvalue weighted by molar-refractivity contribution is 0.403. The third-order valence-corrected chi connectivity index (χ3v) is 1.63. The van der Waals surface area contributed by atoms with Gasteiger partial charge in [0.25, 0.3) is 0 Å². The van der Waals surface area contributed by atoms with E-state index in [9.17, 15) is 13.2 Å². The predicted octanol–water partition coefficient (Wildman–Crippen LogP) is 1.83. The summed E-state index contributed by atoms with van der Waals surface area (Å²) in [6, 6.07) is -0.396. The van der Waals surface area contributed by atoms with Gasteiger partial charge in [0.1, 0.15) is 5.75 Å². The van der Waals surface area contributed by atoms with E-state index in [1.54, 1.807) is 0 Å². The molecule has 72 valence electrons. The third kappa shape index (κ3) is 1.60. The monoisotopic (exact) mass is 191 g/mol. The highest BCUT2D eigenvalue weighted by Crippen LogP contribution is 2.28. The van der Waals surface area contributed by atoms with Crippen LogP contribution in [0, 0.1) is 17.5 Å². The summed E-state index contributed by atoms with van der Waals surface area (Å²) >= 11 is 0. The van der Waals surface area contributed by atoms with Crippen molar-refractivity contribution in [1.29, 1.82) is 0 Å². The van der Waals surface area contributed by atoms with Gasteiger partial charge >= 0.3 is 0 Å². The van der Waals surface area contributed by atoms with E-state index in [4.69, 9.17) is 10.8 Å². The minimum absolute atomic E-state index is 0.418. The summed E-state index contributed by atoms with van der Waals surface area (Å²) in [5.74, 6) is -5.16. The van der Waals surface area contributed by atoms with E-state index in [1.165, 1.54) is 6.92 Å². The molecule has 0 unspecified atom stereocenters. The Morgan fingerprint density at radius 2 is 1.85 bits per heavy atom. The number of benzene rings is 1. The molecule has 0 amide bonds. The second kappa shape index (κ2) is 3.26. The number of phenols is 1. The molecule has 0 bridgehead atoms.